The lowest BCUT2D eigenvalue weighted by atomic mass is 9.97. The van der Waals surface area contributed by atoms with Crippen molar-refractivity contribution in [3.05, 3.63) is 27.7 Å². The molecular formula is C16H21BrN2O. The number of nitrogen functional groups attached to an aromatic ring is 1. The Hall–Kier alpha value is -1.03. The summed E-state index contributed by atoms with van der Waals surface area (Å²) in [6, 6.07) is 3.69. The second-order valence-electron chi connectivity index (χ2n) is 6.22. The molecule has 0 radical (unpaired) electrons. The molecule has 0 atom stereocenters. The summed E-state index contributed by atoms with van der Waals surface area (Å²) < 4.78 is 0.853. The predicted octanol–water partition coefficient (Wildman–Crippen LogP) is 3.51. The first kappa shape index (κ1) is 13.9. The van der Waals surface area contributed by atoms with Gasteiger partial charge in [0.2, 0.25) is 0 Å². The molecule has 0 bridgehead atoms. The lowest BCUT2D eigenvalue weighted by Gasteiger charge is -2.17. The van der Waals surface area contributed by atoms with Gasteiger partial charge in [0.25, 0.3) is 5.91 Å². The van der Waals surface area contributed by atoms with Crippen LogP contribution in [0.1, 0.15) is 41.6 Å². The summed E-state index contributed by atoms with van der Waals surface area (Å²) in [5.41, 5.74) is 8.12. The van der Waals surface area contributed by atoms with Crippen LogP contribution < -0.4 is 11.1 Å². The van der Waals surface area contributed by atoms with Crippen LogP contribution in [0.15, 0.2) is 16.6 Å². The Bertz CT molecular complexity index is 524. The van der Waals surface area contributed by atoms with Gasteiger partial charge in [-0.15, -0.1) is 0 Å². The van der Waals surface area contributed by atoms with Crippen molar-refractivity contribution < 1.29 is 4.79 Å². The molecule has 3 N–H and O–H groups in total. The average Bonchev–Trinajstić information content (AvgIpc) is 3.25. The van der Waals surface area contributed by atoms with Crippen LogP contribution in [-0.2, 0) is 0 Å². The normalized spacial score (nSPS) is 18.4. The number of carbonyl (C=O) groups is 1. The molecule has 2 aliphatic rings. The smallest absolute Gasteiger partial charge is 0.251 e. The SMILES string of the molecule is Cc1c(N)cc(Br)cc1C(=O)NCC(C1CC1)C1CC1. The van der Waals surface area contributed by atoms with E-state index < -0.39 is 0 Å². The minimum atomic E-state index is 0.00167. The summed E-state index contributed by atoms with van der Waals surface area (Å²) in [5.74, 6) is 2.42. The van der Waals surface area contributed by atoms with Gasteiger partial charge in [-0.2, -0.15) is 0 Å². The van der Waals surface area contributed by atoms with E-state index in [4.69, 9.17) is 5.73 Å². The topological polar surface area (TPSA) is 55.1 Å². The zero-order chi connectivity index (χ0) is 14.3. The van der Waals surface area contributed by atoms with Gasteiger partial charge in [0, 0.05) is 22.3 Å². The first-order valence-corrected chi connectivity index (χ1v) is 8.19. The van der Waals surface area contributed by atoms with Gasteiger partial charge in [0.15, 0.2) is 0 Å². The number of hydrogen-bond donors (Lipinski definition) is 2. The maximum atomic E-state index is 12.4. The fraction of sp³-hybridized carbons (Fsp3) is 0.562. The van der Waals surface area contributed by atoms with Crippen LogP contribution >= 0.6 is 15.9 Å². The largest absolute Gasteiger partial charge is 0.398 e. The second kappa shape index (κ2) is 5.40. The summed E-state index contributed by atoms with van der Waals surface area (Å²) >= 11 is 3.40. The molecule has 0 aromatic heterocycles. The van der Waals surface area contributed by atoms with Crippen molar-refractivity contribution in [3.8, 4) is 0 Å². The maximum absolute atomic E-state index is 12.4. The van der Waals surface area contributed by atoms with E-state index in [0.29, 0.717) is 17.2 Å². The zero-order valence-corrected chi connectivity index (χ0v) is 13.4. The Labute approximate surface area is 128 Å². The van der Waals surface area contributed by atoms with Gasteiger partial charge >= 0.3 is 0 Å². The van der Waals surface area contributed by atoms with Gasteiger partial charge in [-0.3, -0.25) is 4.79 Å². The third kappa shape index (κ3) is 3.00. The Kier molecular flexibility index (Phi) is 3.76. The van der Waals surface area contributed by atoms with Crippen molar-refractivity contribution in [2.24, 2.45) is 17.8 Å². The average molecular weight is 337 g/mol. The Balaban J connectivity index is 1.66. The molecule has 0 heterocycles. The van der Waals surface area contributed by atoms with Crippen molar-refractivity contribution >= 4 is 27.5 Å². The number of carbonyl (C=O) groups excluding carboxylic acids is 1. The molecule has 20 heavy (non-hydrogen) atoms. The highest BCUT2D eigenvalue weighted by Crippen LogP contribution is 2.48. The lowest BCUT2D eigenvalue weighted by Crippen LogP contribution is -2.31. The number of amides is 1. The summed E-state index contributed by atoms with van der Waals surface area (Å²) in [5, 5.41) is 3.12. The molecule has 0 saturated heterocycles. The molecule has 0 aliphatic heterocycles. The van der Waals surface area contributed by atoms with E-state index in [-0.39, 0.29) is 5.91 Å². The molecule has 0 spiro atoms. The highest BCUT2D eigenvalue weighted by Gasteiger charge is 2.41. The van der Waals surface area contributed by atoms with E-state index in [1.807, 2.05) is 19.1 Å². The fourth-order valence-electron chi connectivity index (χ4n) is 3.01. The quantitative estimate of drug-likeness (QED) is 0.808. The standard InChI is InChI=1S/C16H21BrN2O/c1-9-13(6-12(17)7-15(9)18)16(20)19-8-14(10-2-3-10)11-4-5-11/h6-7,10-11,14H,2-5,8,18H2,1H3,(H,19,20). The second-order valence-corrected chi connectivity index (χ2v) is 7.13. The van der Waals surface area contributed by atoms with Gasteiger partial charge < -0.3 is 11.1 Å². The van der Waals surface area contributed by atoms with E-state index in [0.717, 1.165) is 28.4 Å². The van der Waals surface area contributed by atoms with E-state index in [1.54, 1.807) is 0 Å². The molecule has 3 nitrogen and oxygen atoms in total. The van der Waals surface area contributed by atoms with Crippen LogP contribution in [0.3, 0.4) is 0 Å². The van der Waals surface area contributed by atoms with Crippen LogP contribution in [0.25, 0.3) is 0 Å². The van der Waals surface area contributed by atoms with Gasteiger partial charge in [0.1, 0.15) is 0 Å². The molecule has 1 aromatic rings. The Morgan fingerprint density at radius 3 is 2.50 bits per heavy atom. The zero-order valence-electron chi connectivity index (χ0n) is 11.8. The van der Waals surface area contributed by atoms with Crippen molar-refractivity contribution in [1.29, 1.82) is 0 Å². The van der Waals surface area contributed by atoms with Crippen LogP contribution in [-0.4, -0.2) is 12.5 Å². The summed E-state index contributed by atoms with van der Waals surface area (Å²) in [6.45, 7) is 2.72. The molecule has 2 saturated carbocycles. The maximum Gasteiger partial charge on any atom is 0.251 e. The van der Waals surface area contributed by atoms with Gasteiger partial charge in [-0.25, -0.2) is 0 Å². The van der Waals surface area contributed by atoms with E-state index in [2.05, 4.69) is 21.2 Å². The highest BCUT2D eigenvalue weighted by molar-refractivity contribution is 9.10. The van der Waals surface area contributed by atoms with Gasteiger partial charge in [-0.1, -0.05) is 15.9 Å². The molecule has 4 heteroatoms. The molecule has 3 rings (SSSR count). The van der Waals surface area contributed by atoms with E-state index >= 15 is 0 Å². The Morgan fingerprint density at radius 1 is 1.35 bits per heavy atom. The van der Waals surface area contributed by atoms with Crippen LogP contribution in [0.2, 0.25) is 0 Å². The molecule has 108 valence electrons. The summed E-state index contributed by atoms with van der Waals surface area (Å²) in [6.07, 6.45) is 5.39. The minimum Gasteiger partial charge on any atom is -0.398 e. The van der Waals surface area contributed by atoms with Crippen LogP contribution in [0, 0.1) is 24.7 Å². The lowest BCUT2D eigenvalue weighted by molar-refractivity contribution is 0.0943. The van der Waals surface area contributed by atoms with E-state index in [9.17, 15) is 4.79 Å². The van der Waals surface area contributed by atoms with Crippen molar-refractivity contribution in [3.63, 3.8) is 0 Å². The third-order valence-electron chi connectivity index (χ3n) is 4.61. The Morgan fingerprint density at radius 2 is 1.95 bits per heavy atom. The van der Waals surface area contributed by atoms with Crippen molar-refractivity contribution in [2.75, 3.05) is 12.3 Å². The molecule has 1 amide bonds. The number of hydrogen-bond acceptors (Lipinski definition) is 2. The van der Waals surface area contributed by atoms with E-state index in [1.165, 1.54) is 25.7 Å². The number of anilines is 1. The summed E-state index contributed by atoms with van der Waals surface area (Å²) in [4.78, 5) is 12.4. The first-order chi connectivity index (χ1) is 9.56. The number of benzene rings is 1. The summed E-state index contributed by atoms with van der Waals surface area (Å²) in [7, 11) is 0. The number of nitrogens with two attached hydrogens (primary N) is 1. The monoisotopic (exact) mass is 336 g/mol. The molecular weight excluding hydrogens is 316 g/mol. The highest BCUT2D eigenvalue weighted by atomic mass is 79.9. The minimum absolute atomic E-state index is 0.00167. The van der Waals surface area contributed by atoms with Gasteiger partial charge in [0.05, 0.1) is 0 Å². The number of rotatable bonds is 5. The predicted molar refractivity (Wildman–Crippen MR) is 84.6 cm³/mol. The van der Waals surface area contributed by atoms with Crippen molar-refractivity contribution in [2.45, 2.75) is 32.6 Å². The van der Waals surface area contributed by atoms with Crippen LogP contribution in [0.4, 0.5) is 5.69 Å². The fourth-order valence-corrected chi connectivity index (χ4v) is 3.48. The third-order valence-corrected chi connectivity index (χ3v) is 5.07. The molecule has 0 unspecified atom stereocenters. The molecule has 2 aliphatic carbocycles. The number of halogens is 1. The molecule has 2 fully saturated rings. The van der Waals surface area contributed by atoms with Crippen molar-refractivity contribution in [1.82, 2.24) is 5.32 Å². The van der Waals surface area contributed by atoms with Crippen LogP contribution in [0.5, 0.6) is 0 Å². The number of nitrogens with one attached hydrogen (secondary N) is 1. The first-order valence-electron chi connectivity index (χ1n) is 7.40. The van der Waals surface area contributed by atoms with Gasteiger partial charge in [-0.05, 0) is 68.1 Å². The molecule has 1 aromatic carbocycles.